The number of aryl methyl sites for hydroxylation is 2. The molecule has 0 spiro atoms. The fourth-order valence-corrected chi connectivity index (χ4v) is 3.30. The predicted molar refractivity (Wildman–Crippen MR) is 81.6 cm³/mol. The van der Waals surface area contributed by atoms with E-state index in [0.717, 1.165) is 37.7 Å². The minimum absolute atomic E-state index is 0.296. The second kappa shape index (κ2) is 5.97. The molecule has 1 aliphatic carbocycles. The van der Waals surface area contributed by atoms with E-state index in [-0.39, 0.29) is 0 Å². The Morgan fingerprint density at radius 1 is 1.00 bits per heavy atom. The minimum atomic E-state index is -0.765. The van der Waals surface area contributed by atoms with Crippen LogP contribution >= 0.6 is 0 Å². The van der Waals surface area contributed by atoms with Gasteiger partial charge in [-0.15, -0.1) is 0 Å². The van der Waals surface area contributed by atoms with Crippen LogP contribution in [0.25, 0.3) is 0 Å². The van der Waals surface area contributed by atoms with E-state index in [1.54, 1.807) is 6.07 Å². The third-order valence-electron chi connectivity index (χ3n) is 4.45. The molecule has 0 aliphatic heterocycles. The molecule has 1 aliphatic rings. The van der Waals surface area contributed by atoms with Gasteiger partial charge in [0.15, 0.2) is 11.6 Å². The molecule has 0 N–H and O–H groups in total. The average molecular weight is 286 g/mol. The number of benzene rings is 2. The van der Waals surface area contributed by atoms with E-state index in [1.807, 2.05) is 0 Å². The molecule has 0 nitrogen and oxygen atoms in total. The lowest BCUT2D eigenvalue weighted by Crippen LogP contribution is -2.13. The van der Waals surface area contributed by atoms with Crippen LogP contribution in [-0.4, -0.2) is 0 Å². The van der Waals surface area contributed by atoms with Crippen molar-refractivity contribution in [3.63, 3.8) is 0 Å². The third kappa shape index (κ3) is 2.99. The first-order valence-electron chi connectivity index (χ1n) is 7.73. The topological polar surface area (TPSA) is 0 Å². The Hall–Kier alpha value is -1.70. The average Bonchev–Trinajstić information content (AvgIpc) is 2.50. The lowest BCUT2D eigenvalue weighted by atomic mass is 9.79. The zero-order valence-electron chi connectivity index (χ0n) is 12.3. The minimum Gasteiger partial charge on any atom is -0.204 e. The Bertz CT molecular complexity index is 646. The van der Waals surface area contributed by atoms with Gasteiger partial charge in [-0.25, -0.2) is 8.78 Å². The van der Waals surface area contributed by atoms with E-state index in [9.17, 15) is 8.78 Å². The van der Waals surface area contributed by atoms with Crippen LogP contribution in [0.2, 0.25) is 0 Å². The van der Waals surface area contributed by atoms with Crippen LogP contribution in [0.15, 0.2) is 36.4 Å². The third-order valence-corrected chi connectivity index (χ3v) is 4.45. The van der Waals surface area contributed by atoms with Gasteiger partial charge in [0.2, 0.25) is 0 Å². The second-order valence-electron chi connectivity index (χ2n) is 5.97. The molecular formula is C19H20F2. The summed E-state index contributed by atoms with van der Waals surface area (Å²) in [5.74, 6) is -1.21. The molecule has 0 fully saturated rings. The van der Waals surface area contributed by atoms with Gasteiger partial charge in [0.1, 0.15) is 0 Å². The molecule has 0 aromatic heterocycles. The van der Waals surface area contributed by atoms with Crippen molar-refractivity contribution in [3.8, 4) is 0 Å². The van der Waals surface area contributed by atoms with Gasteiger partial charge < -0.3 is 0 Å². The smallest absolute Gasteiger partial charge is 0.159 e. The van der Waals surface area contributed by atoms with Gasteiger partial charge in [0.05, 0.1) is 0 Å². The molecule has 2 heteroatoms. The fraction of sp³-hybridized carbons (Fsp3) is 0.368. The van der Waals surface area contributed by atoms with Crippen LogP contribution in [0.3, 0.4) is 0 Å². The van der Waals surface area contributed by atoms with Gasteiger partial charge >= 0.3 is 0 Å². The molecule has 1 atom stereocenters. The molecule has 2 aromatic carbocycles. The van der Waals surface area contributed by atoms with E-state index in [4.69, 9.17) is 0 Å². The Kier molecular flexibility index (Phi) is 4.05. The first-order valence-corrected chi connectivity index (χ1v) is 7.73. The van der Waals surface area contributed by atoms with Crippen molar-refractivity contribution >= 4 is 0 Å². The SMILES string of the molecule is CCCc1ccc2c(c1)CCC(c1ccc(F)c(F)c1)C2. The number of hydrogen-bond acceptors (Lipinski definition) is 0. The largest absolute Gasteiger partial charge is 0.204 e. The van der Waals surface area contributed by atoms with Crippen molar-refractivity contribution in [3.05, 3.63) is 70.3 Å². The monoisotopic (exact) mass is 286 g/mol. The molecular weight excluding hydrogens is 266 g/mol. The molecule has 0 saturated heterocycles. The Morgan fingerprint density at radius 2 is 1.86 bits per heavy atom. The van der Waals surface area contributed by atoms with Crippen LogP contribution in [-0.2, 0) is 19.3 Å². The summed E-state index contributed by atoms with van der Waals surface area (Å²) in [4.78, 5) is 0. The quantitative estimate of drug-likeness (QED) is 0.728. The maximum Gasteiger partial charge on any atom is 0.159 e. The van der Waals surface area contributed by atoms with Crippen molar-refractivity contribution in [2.75, 3.05) is 0 Å². The van der Waals surface area contributed by atoms with E-state index in [0.29, 0.717) is 5.92 Å². The highest BCUT2D eigenvalue weighted by Crippen LogP contribution is 2.33. The molecule has 2 aromatic rings. The first-order chi connectivity index (χ1) is 10.2. The summed E-state index contributed by atoms with van der Waals surface area (Å²) in [6, 6.07) is 11.1. The normalized spacial score (nSPS) is 17.6. The van der Waals surface area contributed by atoms with Gasteiger partial charge in [-0.3, -0.25) is 0 Å². The summed E-state index contributed by atoms with van der Waals surface area (Å²) >= 11 is 0. The molecule has 21 heavy (non-hydrogen) atoms. The van der Waals surface area contributed by atoms with E-state index in [1.165, 1.54) is 28.8 Å². The highest BCUT2D eigenvalue weighted by atomic mass is 19.2. The predicted octanol–water partition coefficient (Wildman–Crippen LogP) is 5.19. The lowest BCUT2D eigenvalue weighted by Gasteiger charge is -2.25. The Morgan fingerprint density at radius 3 is 2.62 bits per heavy atom. The van der Waals surface area contributed by atoms with Crippen molar-refractivity contribution in [2.45, 2.75) is 44.9 Å². The van der Waals surface area contributed by atoms with Gasteiger partial charge in [0, 0.05) is 0 Å². The van der Waals surface area contributed by atoms with Gasteiger partial charge in [0.25, 0.3) is 0 Å². The van der Waals surface area contributed by atoms with E-state index >= 15 is 0 Å². The molecule has 0 heterocycles. The molecule has 1 unspecified atom stereocenters. The number of rotatable bonds is 3. The fourth-order valence-electron chi connectivity index (χ4n) is 3.30. The summed E-state index contributed by atoms with van der Waals surface area (Å²) in [5.41, 5.74) is 5.11. The zero-order valence-corrected chi connectivity index (χ0v) is 12.3. The first kappa shape index (κ1) is 14.2. The molecule has 3 rings (SSSR count). The van der Waals surface area contributed by atoms with Crippen LogP contribution < -0.4 is 0 Å². The standard InChI is InChI=1S/C19H20F2/c1-2-3-13-4-5-15-11-16(7-6-14(15)10-13)17-8-9-18(20)19(21)12-17/h4-5,8-10,12,16H,2-3,6-7,11H2,1H3. The van der Waals surface area contributed by atoms with E-state index in [2.05, 4.69) is 25.1 Å². The molecule has 110 valence electrons. The summed E-state index contributed by atoms with van der Waals surface area (Å²) in [6.45, 7) is 2.19. The Balaban J connectivity index is 1.82. The van der Waals surface area contributed by atoms with Crippen molar-refractivity contribution < 1.29 is 8.78 Å². The lowest BCUT2D eigenvalue weighted by molar-refractivity contribution is 0.501. The highest BCUT2D eigenvalue weighted by Gasteiger charge is 2.21. The number of hydrogen-bond donors (Lipinski definition) is 0. The van der Waals surface area contributed by atoms with Crippen molar-refractivity contribution in [1.82, 2.24) is 0 Å². The van der Waals surface area contributed by atoms with E-state index < -0.39 is 11.6 Å². The summed E-state index contributed by atoms with van der Waals surface area (Å²) in [6.07, 6.45) is 5.24. The Labute approximate surface area is 124 Å². The maximum absolute atomic E-state index is 13.4. The second-order valence-corrected chi connectivity index (χ2v) is 5.97. The van der Waals surface area contributed by atoms with Crippen molar-refractivity contribution in [2.24, 2.45) is 0 Å². The zero-order chi connectivity index (χ0) is 14.8. The summed E-state index contributed by atoms with van der Waals surface area (Å²) in [5, 5.41) is 0. The van der Waals surface area contributed by atoms with Crippen LogP contribution in [0, 0.1) is 11.6 Å². The van der Waals surface area contributed by atoms with Crippen LogP contribution in [0.5, 0.6) is 0 Å². The highest BCUT2D eigenvalue weighted by molar-refractivity contribution is 5.37. The number of halogens is 2. The van der Waals surface area contributed by atoms with Gasteiger partial charge in [-0.05, 0) is 66.0 Å². The molecule has 0 radical (unpaired) electrons. The van der Waals surface area contributed by atoms with Gasteiger partial charge in [-0.1, -0.05) is 37.6 Å². The number of fused-ring (bicyclic) bond motifs is 1. The molecule has 0 amide bonds. The van der Waals surface area contributed by atoms with Crippen LogP contribution in [0.1, 0.15) is 47.9 Å². The van der Waals surface area contributed by atoms with Crippen LogP contribution in [0.4, 0.5) is 8.78 Å². The van der Waals surface area contributed by atoms with Gasteiger partial charge in [-0.2, -0.15) is 0 Å². The summed E-state index contributed by atoms with van der Waals surface area (Å²) in [7, 11) is 0. The molecule has 0 saturated carbocycles. The molecule has 0 bridgehead atoms. The summed E-state index contributed by atoms with van der Waals surface area (Å²) < 4.78 is 26.4. The van der Waals surface area contributed by atoms with Crippen molar-refractivity contribution in [1.29, 1.82) is 0 Å². The maximum atomic E-state index is 13.4.